The molecule has 1 atom stereocenters. The molecule has 5 heteroatoms. The highest BCUT2D eigenvalue weighted by Gasteiger charge is 2.26. The van der Waals surface area contributed by atoms with Crippen molar-refractivity contribution in [1.82, 2.24) is 0 Å². The van der Waals surface area contributed by atoms with Crippen molar-refractivity contribution in [2.24, 2.45) is 5.73 Å². The second-order valence-corrected chi connectivity index (χ2v) is 5.38. The topological polar surface area (TPSA) is 26.0 Å². The highest BCUT2D eigenvalue weighted by atomic mass is 79.9. The van der Waals surface area contributed by atoms with Gasteiger partial charge in [-0.05, 0) is 43.4 Å². The lowest BCUT2D eigenvalue weighted by atomic mass is 9.98. The van der Waals surface area contributed by atoms with E-state index < -0.39 is 12.6 Å². The number of hydrogen-bond donors (Lipinski definition) is 1. The Balaban J connectivity index is 2.65. The van der Waals surface area contributed by atoms with Crippen molar-refractivity contribution in [3.63, 3.8) is 0 Å². The maximum absolute atomic E-state index is 12.0. The molecule has 2 N–H and O–H groups in total. The molecule has 0 aliphatic rings. The minimum atomic E-state index is -4.09. The van der Waals surface area contributed by atoms with Crippen LogP contribution in [0.1, 0.15) is 42.0 Å². The van der Waals surface area contributed by atoms with E-state index in [2.05, 4.69) is 15.9 Å². The van der Waals surface area contributed by atoms with E-state index >= 15 is 0 Å². The Morgan fingerprint density at radius 3 is 2.17 bits per heavy atom. The Morgan fingerprint density at radius 2 is 1.72 bits per heavy atom. The minimum Gasteiger partial charge on any atom is -0.324 e. The Kier molecular flexibility index (Phi) is 5.22. The SMILES string of the molecule is Cc1cc(C(N)CCCC(F)(F)F)cc(C)c1Br. The van der Waals surface area contributed by atoms with E-state index in [1.54, 1.807) is 0 Å². The van der Waals surface area contributed by atoms with Crippen molar-refractivity contribution in [2.45, 2.75) is 45.3 Å². The molecule has 0 saturated carbocycles. The molecule has 0 bridgehead atoms. The summed E-state index contributed by atoms with van der Waals surface area (Å²) in [5.41, 5.74) is 8.93. The molecule has 0 amide bonds. The summed E-state index contributed by atoms with van der Waals surface area (Å²) >= 11 is 3.45. The summed E-state index contributed by atoms with van der Waals surface area (Å²) in [6.45, 7) is 3.89. The zero-order valence-electron chi connectivity index (χ0n) is 10.4. The number of nitrogens with two attached hydrogens (primary N) is 1. The third-order valence-corrected chi connectivity index (χ3v) is 4.11. The highest BCUT2D eigenvalue weighted by molar-refractivity contribution is 9.10. The van der Waals surface area contributed by atoms with Gasteiger partial charge >= 0.3 is 6.18 Å². The molecule has 1 unspecified atom stereocenters. The van der Waals surface area contributed by atoms with Crippen molar-refractivity contribution in [3.8, 4) is 0 Å². The zero-order chi connectivity index (χ0) is 13.9. The first-order chi connectivity index (χ1) is 8.20. The second kappa shape index (κ2) is 6.06. The molecule has 0 aromatic heterocycles. The lowest BCUT2D eigenvalue weighted by Gasteiger charge is -2.15. The molecule has 1 aromatic rings. The van der Waals surface area contributed by atoms with Crippen LogP contribution < -0.4 is 5.73 Å². The second-order valence-electron chi connectivity index (χ2n) is 4.58. The van der Waals surface area contributed by atoms with Gasteiger partial charge in [-0.25, -0.2) is 0 Å². The van der Waals surface area contributed by atoms with Crippen LogP contribution >= 0.6 is 15.9 Å². The van der Waals surface area contributed by atoms with Crippen LogP contribution in [0.3, 0.4) is 0 Å². The summed E-state index contributed by atoms with van der Waals surface area (Å²) in [6.07, 6.45) is -4.45. The molecular formula is C13H17BrF3N. The molecule has 1 nitrogen and oxygen atoms in total. The highest BCUT2D eigenvalue weighted by Crippen LogP contribution is 2.28. The van der Waals surface area contributed by atoms with Gasteiger partial charge in [0.05, 0.1) is 0 Å². The molecule has 0 fully saturated rings. The normalized spacial score (nSPS) is 13.7. The zero-order valence-corrected chi connectivity index (χ0v) is 12.0. The number of alkyl halides is 3. The lowest BCUT2D eigenvalue weighted by Crippen LogP contribution is -2.13. The van der Waals surface area contributed by atoms with Crippen LogP contribution in [0.4, 0.5) is 13.2 Å². The predicted molar refractivity (Wildman–Crippen MR) is 70.5 cm³/mol. The van der Waals surface area contributed by atoms with Crippen molar-refractivity contribution in [2.75, 3.05) is 0 Å². The first-order valence-electron chi connectivity index (χ1n) is 5.79. The maximum atomic E-state index is 12.0. The Morgan fingerprint density at radius 1 is 1.22 bits per heavy atom. The fourth-order valence-corrected chi connectivity index (χ4v) is 2.11. The fraction of sp³-hybridized carbons (Fsp3) is 0.538. The van der Waals surface area contributed by atoms with Crippen LogP contribution in [0.5, 0.6) is 0 Å². The number of halogens is 4. The molecule has 0 spiro atoms. The average Bonchev–Trinajstić information content (AvgIpc) is 2.23. The van der Waals surface area contributed by atoms with Gasteiger partial charge in [0.25, 0.3) is 0 Å². The first-order valence-corrected chi connectivity index (χ1v) is 6.59. The van der Waals surface area contributed by atoms with Crippen LogP contribution in [0.25, 0.3) is 0 Å². The standard InChI is InChI=1S/C13H17BrF3N/c1-8-6-10(7-9(2)12(8)14)11(18)4-3-5-13(15,16)17/h6-7,11H,3-5,18H2,1-2H3. The van der Waals surface area contributed by atoms with Crippen LogP contribution in [-0.4, -0.2) is 6.18 Å². The van der Waals surface area contributed by atoms with E-state index in [0.29, 0.717) is 6.42 Å². The predicted octanol–water partition coefficient (Wildman–Crippen LogP) is 4.80. The van der Waals surface area contributed by atoms with Gasteiger partial charge in [0.15, 0.2) is 0 Å². The van der Waals surface area contributed by atoms with Crippen LogP contribution in [0.15, 0.2) is 16.6 Å². The third-order valence-electron chi connectivity index (χ3n) is 2.86. The Bertz CT molecular complexity index is 392. The van der Waals surface area contributed by atoms with Crippen LogP contribution in [0.2, 0.25) is 0 Å². The monoisotopic (exact) mass is 323 g/mol. The largest absolute Gasteiger partial charge is 0.389 e. The quantitative estimate of drug-likeness (QED) is 0.846. The summed E-state index contributed by atoms with van der Waals surface area (Å²) in [5.74, 6) is 0. The molecule has 0 heterocycles. The summed E-state index contributed by atoms with van der Waals surface area (Å²) < 4.78 is 37.1. The van der Waals surface area contributed by atoms with Gasteiger partial charge in [-0.2, -0.15) is 13.2 Å². The number of rotatable bonds is 4. The summed E-state index contributed by atoms with van der Waals surface area (Å²) in [5, 5.41) is 0. The molecule has 0 saturated heterocycles. The van der Waals surface area contributed by atoms with Gasteiger partial charge in [0.2, 0.25) is 0 Å². The maximum Gasteiger partial charge on any atom is 0.389 e. The van der Waals surface area contributed by atoms with Crippen molar-refractivity contribution < 1.29 is 13.2 Å². The molecule has 1 aromatic carbocycles. The van der Waals surface area contributed by atoms with Crippen molar-refractivity contribution >= 4 is 15.9 Å². The van der Waals surface area contributed by atoms with E-state index in [9.17, 15) is 13.2 Å². The van der Waals surface area contributed by atoms with Gasteiger partial charge < -0.3 is 5.73 Å². The van der Waals surface area contributed by atoms with E-state index in [4.69, 9.17) is 5.73 Å². The number of hydrogen-bond acceptors (Lipinski definition) is 1. The molecule has 0 aliphatic carbocycles. The van der Waals surface area contributed by atoms with E-state index in [-0.39, 0.29) is 12.5 Å². The van der Waals surface area contributed by atoms with E-state index in [1.807, 2.05) is 26.0 Å². The molecule has 0 radical (unpaired) electrons. The minimum absolute atomic E-state index is 0.0683. The van der Waals surface area contributed by atoms with Crippen LogP contribution in [-0.2, 0) is 0 Å². The van der Waals surface area contributed by atoms with Gasteiger partial charge in [0, 0.05) is 16.9 Å². The molecule has 102 valence electrons. The fourth-order valence-electron chi connectivity index (χ4n) is 1.88. The van der Waals surface area contributed by atoms with Crippen molar-refractivity contribution in [3.05, 3.63) is 33.3 Å². The third kappa shape index (κ3) is 4.61. The van der Waals surface area contributed by atoms with Crippen molar-refractivity contribution in [1.29, 1.82) is 0 Å². The van der Waals surface area contributed by atoms with E-state index in [1.165, 1.54) is 0 Å². The molecule has 18 heavy (non-hydrogen) atoms. The van der Waals surface area contributed by atoms with E-state index in [0.717, 1.165) is 21.2 Å². The smallest absolute Gasteiger partial charge is 0.324 e. The summed E-state index contributed by atoms with van der Waals surface area (Å²) in [6, 6.07) is 3.52. The van der Waals surface area contributed by atoms with Gasteiger partial charge in [-0.3, -0.25) is 0 Å². The Hall–Kier alpha value is -0.550. The Labute approximate surface area is 114 Å². The number of benzene rings is 1. The van der Waals surface area contributed by atoms with Gasteiger partial charge in [0.1, 0.15) is 0 Å². The lowest BCUT2D eigenvalue weighted by molar-refractivity contribution is -0.135. The molecule has 0 aliphatic heterocycles. The average molecular weight is 324 g/mol. The summed E-state index contributed by atoms with van der Waals surface area (Å²) in [4.78, 5) is 0. The van der Waals surface area contributed by atoms with Gasteiger partial charge in [-0.1, -0.05) is 28.1 Å². The molecule has 1 rings (SSSR count). The van der Waals surface area contributed by atoms with Gasteiger partial charge in [-0.15, -0.1) is 0 Å². The molecular weight excluding hydrogens is 307 g/mol. The number of aryl methyl sites for hydroxylation is 2. The summed E-state index contributed by atoms with van der Waals surface area (Å²) in [7, 11) is 0. The van der Waals surface area contributed by atoms with Crippen LogP contribution in [0, 0.1) is 13.8 Å². The first kappa shape index (κ1) is 15.5.